The van der Waals surface area contributed by atoms with Crippen LogP contribution in [0.3, 0.4) is 0 Å². The van der Waals surface area contributed by atoms with Crippen LogP contribution < -0.4 is 5.56 Å². The lowest BCUT2D eigenvalue weighted by Gasteiger charge is -2.23. The Hall–Kier alpha value is -2.41. The molecule has 0 atom stereocenters. The Kier molecular flexibility index (Phi) is 5.03. The van der Waals surface area contributed by atoms with Crippen molar-refractivity contribution in [3.63, 3.8) is 0 Å². The molecular weight excluding hydrogens is 322 g/mol. The van der Waals surface area contributed by atoms with Crippen molar-refractivity contribution >= 4 is 5.97 Å². The van der Waals surface area contributed by atoms with Crippen LogP contribution in [0, 0.1) is 12.8 Å². The number of esters is 1. The summed E-state index contributed by atoms with van der Waals surface area (Å²) in [5.74, 6) is 0.680. The molecule has 2 aromatic heterocycles. The zero-order chi connectivity index (χ0) is 18.0. The third kappa shape index (κ3) is 3.66. The van der Waals surface area contributed by atoms with Gasteiger partial charge in [-0.3, -0.25) is 4.79 Å². The van der Waals surface area contributed by atoms with Gasteiger partial charge in [-0.25, -0.2) is 9.78 Å². The van der Waals surface area contributed by atoms with Gasteiger partial charge in [0.15, 0.2) is 5.69 Å². The average molecular weight is 345 g/mol. The highest BCUT2D eigenvalue weighted by molar-refractivity contribution is 5.87. The van der Waals surface area contributed by atoms with Crippen molar-refractivity contribution in [2.24, 2.45) is 13.0 Å². The summed E-state index contributed by atoms with van der Waals surface area (Å²) in [5, 5.41) is 0. The Morgan fingerprint density at radius 1 is 1.36 bits per heavy atom. The van der Waals surface area contributed by atoms with E-state index in [1.54, 1.807) is 26.4 Å². The maximum absolute atomic E-state index is 12.0. The van der Waals surface area contributed by atoms with Crippen molar-refractivity contribution in [1.82, 2.24) is 14.1 Å². The van der Waals surface area contributed by atoms with Crippen molar-refractivity contribution in [2.45, 2.75) is 26.3 Å². The first-order valence-electron chi connectivity index (χ1n) is 8.40. The second-order valence-corrected chi connectivity index (χ2v) is 6.48. The van der Waals surface area contributed by atoms with Crippen molar-refractivity contribution in [1.29, 1.82) is 0 Å². The molecule has 1 aliphatic heterocycles. The third-order valence-corrected chi connectivity index (χ3v) is 4.59. The summed E-state index contributed by atoms with van der Waals surface area (Å²) in [6, 6.07) is 1.81. The standard InChI is InChI=1S/C18H23N3O4/c1-12-8-14(10-20(2)17(12)22)16-19-15(18(23)24-3)11-21(16)9-13-4-6-25-7-5-13/h8,10-11,13H,4-7,9H2,1-3H3. The highest BCUT2D eigenvalue weighted by atomic mass is 16.5. The molecule has 7 heteroatoms. The van der Waals surface area contributed by atoms with Gasteiger partial charge in [-0.05, 0) is 31.7 Å². The van der Waals surface area contributed by atoms with Gasteiger partial charge >= 0.3 is 5.97 Å². The van der Waals surface area contributed by atoms with Gasteiger partial charge in [-0.1, -0.05) is 0 Å². The first kappa shape index (κ1) is 17.4. The van der Waals surface area contributed by atoms with Gasteiger partial charge < -0.3 is 18.6 Å². The van der Waals surface area contributed by atoms with E-state index in [9.17, 15) is 9.59 Å². The van der Waals surface area contributed by atoms with Crippen LogP contribution in [0.4, 0.5) is 0 Å². The normalized spacial score (nSPS) is 15.3. The zero-order valence-corrected chi connectivity index (χ0v) is 14.8. The Morgan fingerprint density at radius 3 is 2.72 bits per heavy atom. The van der Waals surface area contributed by atoms with Crippen molar-refractivity contribution in [3.8, 4) is 11.4 Å². The van der Waals surface area contributed by atoms with Gasteiger partial charge in [0.2, 0.25) is 0 Å². The van der Waals surface area contributed by atoms with E-state index in [-0.39, 0.29) is 11.3 Å². The maximum Gasteiger partial charge on any atom is 0.358 e. The first-order chi connectivity index (χ1) is 12.0. The molecule has 1 fully saturated rings. The van der Waals surface area contributed by atoms with Gasteiger partial charge in [0, 0.05) is 50.3 Å². The Labute approximate surface area is 146 Å². The number of aryl methyl sites for hydroxylation is 2. The van der Waals surface area contributed by atoms with E-state index in [0.29, 0.717) is 17.3 Å². The third-order valence-electron chi connectivity index (χ3n) is 4.59. The minimum atomic E-state index is -0.464. The monoisotopic (exact) mass is 345 g/mol. The van der Waals surface area contributed by atoms with Crippen LogP contribution >= 0.6 is 0 Å². The smallest absolute Gasteiger partial charge is 0.358 e. The van der Waals surface area contributed by atoms with Gasteiger partial charge in [0.05, 0.1) is 7.11 Å². The van der Waals surface area contributed by atoms with Crippen LogP contribution in [0.2, 0.25) is 0 Å². The van der Waals surface area contributed by atoms with E-state index in [2.05, 4.69) is 4.98 Å². The van der Waals surface area contributed by atoms with Crippen LogP contribution in [0.25, 0.3) is 11.4 Å². The van der Waals surface area contributed by atoms with E-state index in [1.165, 1.54) is 11.7 Å². The molecule has 0 bridgehead atoms. The number of rotatable bonds is 4. The Bertz CT molecular complexity index is 805. The predicted molar refractivity (Wildman–Crippen MR) is 92.5 cm³/mol. The van der Waals surface area contributed by atoms with Crippen molar-refractivity contribution in [2.75, 3.05) is 20.3 Å². The fourth-order valence-corrected chi connectivity index (χ4v) is 3.20. The summed E-state index contributed by atoms with van der Waals surface area (Å²) < 4.78 is 13.8. The second-order valence-electron chi connectivity index (χ2n) is 6.48. The van der Waals surface area contributed by atoms with Crippen LogP contribution in [0.1, 0.15) is 28.9 Å². The molecule has 7 nitrogen and oxygen atoms in total. The summed E-state index contributed by atoms with van der Waals surface area (Å²) in [5.41, 5.74) is 1.68. The average Bonchev–Trinajstić information content (AvgIpc) is 3.03. The molecule has 25 heavy (non-hydrogen) atoms. The fourth-order valence-electron chi connectivity index (χ4n) is 3.20. The number of imidazole rings is 1. The number of nitrogens with zero attached hydrogens (tertiary/aromatic N) is 3. The van der Waals surface area contributed by atoms with Gasteiger partial charge in [-0.2, -0.15) is 0 Å². The van der Waals surface area contributed by atoms with E-state index >= 15 is 0 Å². The molecule has 0 aliphatic carbocycles. The molecule has 3 heterocycles. The highest BCUT2D eigenvalue weighted by Gasteiger charge is 2.21. The Balaban J connectivity index is 2.02. The molecule has 0 spiro atoms. The summed E-state index contributed by atoms with van der Waals surface area (Å²) in [6.45, 7) is 4.05. The predicted octanol–water partition coefficient (Wildman–Crippen LogP) is 1.77. The van der Waals surface area contributed by atoms with Crippen LogP contribution in [-0.2, 0) is 23.1 Å². The van der Waals surface area contributed by atoms with E-state index in [0.717, 1.165) is 38.2 Å². The number of ether oxygens (including phenoxy) is 2. The number of aromatic nitrogens is 3. The Morgan fingerprint density at radius 2 is 2.08 bits per heavy atom. The molecule has 0 saturated carbocycles. The number of carbonyl (C=O) groups excluding carboxylic acids is 1. The lowest BCUT2D eigenvalue weighted by Crippen LogP contribution is -2.21. The molecule has 1 saturated heterocycles. The van der Waals surface area contributed by atoms with E-state index in [1.807, 2.05) is 10.6 Å². The number of hydrogen-bond donors (Lipinski definition) is 0. The van der Waals surface area contributed by atoms with E-state index < -0.39 is 5.97 Å². The van der Waals surface area contributed by atoms with E-state index in [4.69, 9.17) is 9.47 Å². The van der Waals surface area contributed by atoms with Gasteiger partial charge in [-0.15, -0.1) is 0 Å². The molecule has 134 valence electrons. The molecule has 0 amide bonds. The second kappa shape index (κ2) is 7.23. The molecule has 2 aromatic rings. The minimum absolute atomic E-state index is 0.0422. The zero-order valence-electron chi connectivity index (χ0n) is 14.8. The molecular formula is C18H23N3O4. The molecule has 1 aliphatic rings. The minimum Gasteiger partial charge on any atom is -0.464 e. The van der Waals surface area contributed by atoms with Gasteiger partial charge in [0.1, 0.15) is 5.82 Å². The molecule has 0 radical (unpaired) electrons. The first-order valence-corrected chi connectivity index (χ1v) is 8.40. The van der Waals surface area contributed by atoms with Crippen LogP contribution in [0.5, 0.6) is 0 Å². The molecule has 0 unspecified atom stereocenters. The number of hydrogen-bond acceptors (Lipinski definition) is 5. The SMILES string of the molecule is COC(=O)c1cn(CC2CCOCC2)c(-c2cc(C)c(=O)n(C)c2)n1. The molecule has 0 N–H and O–H groups in total. The van der Waals surface area contributed by atoms with Crippen molar-refractivity contribution in [3.05, 3.63) is 40.1 Å². The van der Waals surface area contributed by atoms with Crippen molar-refractivity contribution < 1.29 is 14.3 Å². The molecule has 0 aromatic carbocycles. The van der Waals surface area contributed by atoms with Crippen LogP contribution in [0.15, 0.2) is 23.3 Å². The summed E-state index contributed by atoms with van der Waals surface area (Å²) in [7, 11) is 3.06. The highest BCUT2D eigenvalue weighted by Crippen LogP contribution is 2.24. The largest absolute Gasteiger partial charge is 0.464 e. The van der Waals surface area contributed by atoms with Gasteiger partial charge in [0.25, 0.3) is 5.56 Å². The maximum atomic E-state index is 12.0. The molecule has 3 rings (SSSR count). The summed E-state index contributed by atoms with van der Waals surface area (Å²) >= 11 is 0. The summed E-state index contributed by atoms with van der Waals surface area (Å²) in [6.07, 6.45) is 5.45. The summed E-state index contributed by atoms with van der Waals surface area (Å²) in [4.78, 5) is 28.3. The lowest BCUT2D eigenvalue weighted by atomic mass is 10.0. The number of pyridine rings is 1. The lowest BCUT2D eigenvalue weighted by molar-refractivity contribution is 0.0589. The fraction of sp³-hybridized carbons (Fsp3) is 0.500. The topological polar surface area (TPSA) is 75.3 Å². The number of methoxy groups -OCH3 is 1. The quantitative estimate of drug-likeness (QED) is 0.790. The van der Waals surface area contributed by atoms with Crippen LogP contribution in [-0.4, -0.2) is 40.4 Å². The number of carbonyl (C=O) groups is 1.